The van der Waals surface area contributed by atoms with Crippen LogP contribution < -0.4 is 9.47 Å². The molecule has 3 N–H and O–H groups in total. The van der Waals surface area contributed by atoms with E-state index in [4.69, 9.17) is 9.47 Å². The fraction of sp³-hybridized carbons (Fsp3) is 0.618. The number of unbranched alkanes of at least 4 members (excludes halogenated alkanes) is 15. The molecule has 0 unspecified atom stereocenters. The van der Waals surface area contributed by atoms with Gasteiger partial charge in [0.1, 0.15) is 5.56 Å². The maximum absolute atomic E-state index is 11.7. The molecule has 0 saturated heterocycles. The van der Waals surface area contributed by atoms with E-state index in [1.807, 2.05) is 0 Å². The summed E-state index contributed by atoms with van der Waals surface area (Å²) in [7, 11) is 0. The smallest absolute Gasteiger partial charge is 0.339 e. The predicted octanol–water partition coefficient (Wildman–Crippen LogP) is 9.45. The molecular weight excluding hydrogens is 504 g/mol. The molecule has 0 radical (unpaired) electrons. The lowest BCUT2D eigenvalue weighted by atomic mass is 10.0. The number of phenolic OH excluding ortho intramolecular Hbond substituents is 2. The van der Waals surface area contributed by atoms with Crippen molar-refractivity contribution in [1.29, 1.82) is 0 Å². The molecule has 0 spiro atoms. The van der Waals surface area contributed by atoms with Crippen LogP contribution in [0.4, 0.5) is 0 Å². The normalized spacial score (nSPS) is 11.0. The van der Waals surface area contributed by atoms with Crippen LogP contribution in [0.15, 0.2) is 36.4 Å². The van der Waals surface area contributed by atoms with Gasteiger partial charge in [-0.15, -0.1) is 0 Å². The van der Waals surface area contributed by atoms with Crippen LogP contribution in [-0.2, 0) is 6.42 Å². The second-order valence-corrected chi connectivity index (χ2v) is 10.8. The lowest BCUT2D eigenvalue weighted by Crippen LogP contribution is -2.08. The lowest BCUT2D eigenvalue weighted by molar-refractivity contribution is 0.0691. The zero-order chi connectivity index (χ0) is 28.8. The van der Waals surface area contributed by atoms with Gasteiger partial charge in [-0.05, 0) is 43.0 Å². The van der Waals surface area contributed by atoms with Crippen LogP contribution >= 0.6 is 0 Å². The second kappa shape index (κ2) is 20.9. The highest BCUT2D eigenvalue weighted by molar-refractivity contribution is 5.92. The number of carboxylic acids is 1. The van der Waals surface area contributed by atoms with Crippen LogP contribution in [0.5, 0.6) is 23.0 Å². The fourth-order valence-corrected chi connectivity index (χ4v) is 5.00. The molecular formula is C34H52O6. The second-order valence-electron chi connectivity index (χ2n) is 10.8. The number of phenols is 2. The molecule has 0 aromatic heterocycles. The number of ether oxygens (including phenoxy) is 2. The zero-order valence-electron chi connectivity index (χ0n) is 24.7. The average molecular weight is 557 g/mol. The largest absolute Gasteiger partial charge is 0.504 e. The molecule has 2 aromatic rings. The number of carboxylic acid groups (broad SMARTS) is 1. The highest BCUT2D eigenvalue weighted by Crippen LogP contribution is 2.33. The molecule has 2 rings (SSSR count). The highest BCUT2D eigenvalue weighted by atomic mass is 16.5. The molecule has 0 heterocycles. The maximum Gasteiger partial charge on any atom is 0.339 e. The van der Waals surface area contributed by atoms with Gasteiger partial charge >= 0.3 is 5.97 Å². The van der Waals surface area contributed by atoms with E-state index in [9.17, 15) is 20.1 Å². The number of hydrogen-bond acceptors (Lipinski definition) is 5. The number of aromatic carboxylic acids is 1. The minimum Gasteiger partial charge on any atom is -0.504 e. The molecule has 0 atom stereocenters. The summed E-state index contributed by atoms with van der Waals surface area (Å²) in [5.74, 6) is -0.656. The van der Waals surface area contributed by atoms with Crippen LogP contribution in [-0.4, -0.2) is 34.5 Å². The lowest BCUT2D eigenvalue weighted by Gasteiger charge is -2.15. The summed E-state index contributed by atoms with van der Waals surface area (Å²) in [5, 5.41) is 29.2. The Morgan fingerprint density at radius 2 is 1.18 bits per heavy atom. The van der Waals surface area contributed by atoms with Crippen molar-refractivity contribution in [3.8, 4) is 23.0 Å². The summed E-state index contributed by atoms with van der Waals surface area (Å²) in [6.07, 6.45) is 22.0. The van der Waals surface area contributed by atoms with E-state index < -0.39 is 5.97 Å². The van der Waals surface area contributed by atoms with Crippen molar-refractivity contribution in [2.75, 3.05) is 13.2 Å². The minimum absolute atomic E-state index is 0.0738. The molecule has 0 aliphatic heterocycles. The molecule has 6 heteroatoms. The van der Waals surface area contributed by atoms with Gasteiger partial charge in [0.15, 0.2) is 23.0 Å². The first kappa shape index (κ1) is 33.3. The van der Waals surface area contributed by atoms with E-state index in [0.717, 1.165) is 12.8 Å². The van der Waals surface area contributed by atoms with Gasteiger partial charge in [-0.2, -0.15) is 0 Å². The quantitative estimate of drug-likeness (QED) is 0.0880. The van der Waals surface area contributed by atoms with Crippen LogP contribution in [0, 0.1) is 0 Å². The van der Waals surface area contributed by atoms with Gasteiger partial charge < -0.3 is 24.8 Å². The monoisotopic (exact) mass is 556 g/mol. The topological polar surface area (TPSA) is 96.2 Å². The average Bonchev–Trinajstić information content (AvgIpc) is 2.95. The van der Waals surface area contributed by atoms with Crippen molar-refractivity contribution in [3.05, 3.63) is 47.5 Å². The molecule has 2 aromatic carbocycles. The Hall–Kier alpha value is -2.89. The number of aryl methyl sites for hydroxylation is 1. The van der Waals surface area contributed by atoms with E-state index in [1.165, 1.54) is 102 Å². The molecule has 0 aliphatic carbocycles. The van der Waals surface area contributed by atoms with Gasteiger partial charge in [0.05, 0.1) is 13.2 Å². The van der Waals surface area contributed by atoms with Crippen molar-refractivity contribution in [2.45, 2.75) is 122 Å². The van der Waals surface area contributed by atoms with Gasteiger partial charge in [0, 0.05) is 0 Å². The van der Waals surface area contributed by atoms with Gasteiger partial charge in [-0.1, -0.05) is 121 Å². The van der Waals surface area contributed by atoms with E-state index >= 15 is 0 Å². The molecule has 0 amide bonds. The third kappa shape index (κ3) is 13.5. The van der Waals surface area contributed by atoms with Crippen molar-refractivity contribution in [1.82, 2.24) is 0 Å². The predicted molar refractivity (Wildman–Crippen MR) is 162 cm³/mol. The van der Waals surface area contributed by atoms with Gasteiger partial charge in [-0.25, -0.2) is 4.79 Å². The van der Waals surface area contributed by atoms with Crippen molar-refractivity contribution in [2.24, 2.45) is 0 Å². The first-order chi connectivity index (χ1) is 19.5. The van der Waals surface area contributed by atoms with E-state index in [2.05, 4.69) is 6.92 Å². The Labute approximate surface area is 241 Å². The van der Waals surface area contributed by atoms with Crippen LogP contribution in [0.1, 0.15) is 132 Å². The summed E-state index contributed by atoms with van der Waals surface area (Å²) in [4.78, 5) is 11.7. The molecule has 0 saturated carbocycles. The van der Waals surface area contributed by atoms with Crippen molar-refractivity contribution < 1.29 is 29.6 Å². The fourth-order valence-electron chi connectivity index (χ4n) is 5.00. The first-order valence-electron chi connectivity index (χ1n) is 15.7. The molecule has 6 nitrogen and oxygen atoms in total. The van der Waals surface area contributed by atoms with Crippen LogP contribution in [0.2, 0.25) is 0 Å². The maximum atomic E-state index is 11.7. The van der Waals surface area contributed by atoms with E-state index in [0.29, 0.717) is 30.8 Å². The number of rotatable bonds is 24. The first-order valence-corrected chi connectivity index (χ1v) is 15.7. The zero-order valence-corrected chi connectivity index (χ0v) is 24.7. The summed E-state index contributed by atoms with van der Waals surface area (Å²) < 4.78 is 11.8. The van der Waals surface area contributed by atoms with Gasteiger partial charge in [0.2, 0.25) is 0 Å². The Morgan fingerprint density at radius 1 is 0.650 bits per heavy atom. The summed E-state index contributed by atoms with van der Waals surface area (Å²) in [6.45, 7) is 3.05. The number of carbonyl (C=O) groups is 1. The van der Waals surface area contributed by atoms with Crippen molar-refractivity contribution in [3.63, 3.8) is 0 Å². The highest BCUT2D eigenvalue weighted by Gasteiger charge is 2.17. The Morgan fingerprint density at radius 3 is 1.75 bits per heavy atom. The third-order valence-electron chi connectivity index (χ3n) is 7.40. The Balaban J connectivity index is 1.58. The number of para-hydroxylation sites is 2. The van der Waals surface area contributed by atoms with Crippen LogP contribution in [0.3, 0.4) is 0 Å². The SMILES string of the molecule is CCCCCCCCCCCCCCCCCCOc1cccc(C(=O)O)c1OCCCc1cccc(O)c1O. The summed E-state index contributed by atoms with van der Waals surface area (Å²) in [6, 6.07) is 9.78. The molecule has 224 valence electrons. The standard InChI is InChI=1S/C34H52O6/c1-2-3-4-5-6-7-8-9-10-11-12-13-14-15-16-17-26-39-31-25-19-23-29(34(37)38)33(31)40-27-20-22-28-21-18-24-30(35)32(28)36/h18-19,21,23-25,35-36H,2-17,20,22,26-27H2,1H3,(H,37,38). The van der Waals surface area contributed by atoms with Crippen molar-refractivity contribution >= 4 is 5.97 Å². The molecule has 0 fully saturated rings. The summed E-state index contributed by atoms with van der Waals surface area (Å²) in [5.41, 5.74) is 0.694. The van der Waals surface area contributed by atoms with E-state index in [-0.39, 0.29) is 29.4 Å². The molecule has 0 bridgehead atoms. The Kier molecular flexibility index (Phi) is 17.4. The summed E-state index contributed by atoms with van der Waals surface area (Å²) >= 11 is 0. The Bertz CT molecular complexity index is 957. The van der Waals surface area contributed by atoms with E-state index in [1.54, 1.807) is 24.3 Å². The van der Waals surface area contributed by atoms with Crippen LogP contribution in [0.25, 0.3) is 0 Å². The molecule has 40 heavy (non-hydrogen) atoms. The number of hydrogen-bond donors (Lipinski definition) is 3. The molecule has 0 aliphatic rings. The minimum atomic E-state index is -1.06. The van der Waals surface area contributed by atoms with Gasteiger partial charge in [0.25, 0.3) is 0 Å². The number of benzene rings is 2. The third-order valence-corrected chi connectivity index (χ3v) is 7.40. The van der Waals surface area contributed by atoms with Gasteiger partial charge in [-0.3, -0.25) is 0 Å². The number of aromatic hydroxyl groups is 2.